The predicted molar refractivity (Wildman–Crippen MR) is 79.2 cm³/mol. The van der Waals surface area contributed by atoms with Gasteiger partial charge in [0.25, 0.3) is 0 Å². The minimum absolute atomic E-state index is 0.00845. The van der Waals surface area contributed by atoms with Gasteiger partial charge in [0, 0.05) is 6.04 Å². The van der Waals surface area contributed by atoms with Crippen molar-refractivity contribution in [2.24, 2.45) is 11.8 Å². The number of hydrogen-bond acceptors (Lipinski definition) is 1. The van der Waals surface area contributed by atoms with E-state index in [1.54, 1.807) is 12.1 Å². The molecule has 4 rings (SSSR count). The van der Waals surface area contributed by atoms with Crippen LogP contribution in [-0.2, 0) is 0 Å². The molecule has 1 aliphatic heterocycles. The standard InChI is InChI=1S/C18H24FN/c19-17-4-2-1-3-16(17)14-7-9-20(10-8-14)18-12-13-5-6-15(18)11-13/h1-4,13-15,18H,5-12H2. The Bertz CT molecular complexity index is 478. The number of nitrogens with zero attached hydrogens (tertiary/aromatic N) is 1. The van der Waals surface area contributed by atoms with Crippen LogP contribution in [0.5, 0.6) is 0 Å². The van der Waals surface area contributed by atoms with Gasteiger partial charge in [0.2, 0.25) is 0 Å². The SMILES string of the molecule is Fc1ccccc1C1CCN(C2CC3CCC2C3)CC1. The first-order chi connectivity index (χ1) is 9.81. The van der Waals surface area contributed by atoms with Crippen molar-refractivity contribution < 1.29 is 4.39 Å². The third-order valence-electron chi connectivity index (χ3n) is 6.04. The summed E-state index contributed by atoms with van der Waals surface area (Å²) in [6, 6.07) is 8.21. The van der Waals surface area contributed by atoms with Crippen LogP contribution in [0, 0.1) is 17.7 Å². The lowest BCUT2D eigenvalue weighted by atomic mass is 9.86. The lowest BCUT2D eigenvalue weighted by molar-refractivity contribution is 0.110. The highest BCUT2D eigenvalue weighted by atomic mass is 19.1. The zero-order valence-corrected chi connectivity index (χ0v) is 12.1. The average Bonchev–Trinajstić information content (AvgIpc) is 3.11. The Labute approximate surface area is 121 Å². The summed E-state index contributed by atoms with van der Waals surface area (Å²) < 4.78 is 13.9. The van der Waals surface area contributed by atoms with Crippen molar-refractivity contribution in [2.45, 2.75) is 50.5 Å². The van der Waals surface area contributed by atoms with Gasteiger partial charge in [-0.2, -0.15) is 0 Å². The first kappa shape index (κ1) is 12.8. The molecule has 0 N–H and O–H groups in total. The second kappa shape index (κ2) is 5.14. The molecular formula is C18H24FN. The van der Waals surface area contributed by atoms with E-state index in [9.17, 15) is 4.39 Å². The third kappa shape index (κ3) is 2.18. The zero-order valence-electron chi connectivity index (χ0n) is 12.1. The van der Waals surface area contributed by atoms with Gasteiger partial charge in [-0.3, -0.25) is 0 Å². The lowest BCUT2D eigenvalue weighted by Crippen LogP contribution is -2.43. The van der Waals surface area contributed by atoms with Crippen LogP contribution >= 0.6 is 0 Å². The van der Waals surface area contributed by atoms with Crippen LogP contribution in [-0.4, -0.2) is 24.0 Å². The van der Waals surface area contributed by atoms with E-state index in [-0.39, 0.29) is 5.82 Å². The van der Waals surface area contributed by atoms with Gasteiger partial charge in [0.1, 0.15) is 5.82 Å². The summed E-state index contributed by atoms with van der Waals surface area (Å²) in [6.45, 7) is 2.35. The molecule has 1 aromatic carbocycles. The monoisotopic (exact) mass is 273 g/mol. The number of piperidine rings is 1. The normalized spacial score (nSPS) is 34.8. The van der Waals surface area contributed by atoms with Crippen LogP contribution in [0.3, 0.4) is 0 Å². The molecule has 0 spiro atoms. The summed E-state index contributed by atoms with van der Waals surface area (Å²) in [5.41, 5.74) is 0.945. The predicted octanol–water partition coefficient (Wildman–Crippen LogP) is 4.19. The number of likely N-dealkylation sites (tertiary alicyclic amines) is 1. The fourth-order valence-electron chi connectivity index (χ4n) is 5.01. The summed E-state index contributed by atoms with van der Waals surface area (Å²) in [5, 5.41) is 0. The first-order valence-electron chi connectivity index (χ1n) is 8.29. The highest BCUT2D eigenvalue weighted by molar-refractivity contribution is 5.22. The smallest absolute Gasteiger partial charge is 0.126 e. The summed E-state index contributed by atoms with van der Waals surface area (Å²) in [7, 11) is 0. The number of benzene rings is 1. The Morgan fingerprint density at radius 1 is 0.950 bits per heavy atom. The van der Waals surface area contributed by atoms with Crippen LogP contribution in [0.25, 0.3) is 0 Å². The van der Waals surface area contributed by atoms with E-state index >= 15 is 0 Å². The van der Waals surface area contributed by atoms with E-state index < -0.39 is 0 Å². The maximum absolute atomic E-state index is 13.9. The highest BCUT2D eigenvalue weighted by Crippen LogP contribution is 2.47. The lowest BCUT2D eigenvalue weighted by Gasteiger charge is -2.39. The van der Waals surface area contributed by atoms with Crippen molar-refractivity contribution in [3.8, 4) is 0 Å². The van der Waals surface area contributed by atoms with Gasteiger partial charge in [-0.15, -0.1) is 0 Å². The summed E-state index contributed by atoms with van der Waals surface area (Å²) in [4.78, 5) is 2.72. The molecule has 3 aliphatic rings. The van der Waals surface area contributed by atoms with E-state index in [1.165, 1.54) is 38.8 Å². The number of hydrogen-bond donors (Lipinski definition) is 0. The van der Waals surface area contributed by atoms with E-state index in [0.29, 0.717) is 5.92 Å². The van der Waals surface area contributed by atoms with Gasteiger partial charge >= 0.3 is 0 Å². The molecule has 1 nitrogen and oxygen atoms in total. The van der Waals surface area contributed by atoms with E-state index in [1.807, 2.05) is 12.1 Å². The third-order valence-corrected chi connectivity index (χ3v) is 6.04. The molecule has 20 heavy (non-hydrogen) atoms. The minimum atomic E-state index is -0.00845. The molecule has 0 radical (unpaired) electrons. The summed E-state index contributed by atoms with van der Waals surface area (Å²) in [6.07, 6.45) is 8.13. The Kier molecular flexibility index (Phi) is 3.30. The fourth-order valence-corrected chi connectivity index (χ4v) is 5.01. The molecule has 3 unspecified atom stereocenters. The Morgan fingerprint density at radius 2 is 1.75 bits per heavy atom. The molecule has 3 fully saturated rings. The van der Waals surface area contributed by atoms with Crippen LogP contribution in [0.4, 0.5) is 4.39 Å². The second-order valence-electron chi connectivity index (χ2n) is 7.07. The molecule has 1 aromatic rings. The van der Waals surface area contributed by atoms with Gasteiger partial charge in [0.15, 0.2) is 0 Å². The van der Waals surface area contributed by atoms with Crippen molar-refractivity contribution in [3.05, 3.63) is 35.6 Å². The number of fused-ring (bicyclic) bond motifs is 2. The van der Waals surface area contributed by atoms with E-state index in [0.717, 1.165) is 36.3 Å². The van der Waals surface area contributed by atoms with E-state index in [2.05, 4.69) is 4.90 Å². The molecule has 2 heteroatoms. The van der Waals surface area contributed by atoms with Gasteiger partial charge in [-0.05, 0) is 74.6 Å². The molecular weight excluding hydrogens is 249 g/mol. The van der Waals surface area contributed by atoms with Gasteiger partial charge in [0.05, 0.1) is 0 Å². The second-order valence-corrected chi connectivity index (χ2v) is 7.07. The van der Waals surface area contributed by atoms with Gasteiger partial charge in [-0.25, -0.2) is 4.39 Å². The van der Waals surface area contributed by atoms with Crippen molar-refractivity contribution in [1.82, 2.24) is 4.90 Å². The molecule has 0 aromatic heterocycles. The maximum atomic E-state index is 13.9. The van der Waals surface area contributed by atoms with Crippen LogP contribution in [0.1, 0.15) is 50.0 Å². The maximum Gasteiger partial charge on any atom is 0.126 e. The van der Waals surface area contributed by atoms with Crippen LogP contribution < -0.4 is 0 Å². The molecule has 3 atom stereocenters. The molecule has 0 amide bonds. The van der Waals surface area contributed by atoms with Crippen molar-refractivity contribution in [3.63, 3.8) is 0 Å². The fraction of sp³-hybridized carbons (Fsp3) is 0.667. The quantitative estimate of drug-likeness (QED) is 0.781. The summed E-state index contributed by atoms with van der Waals surface area (Å²) >= 11 is 0. The molecule has 1 heterocycles. The highest BCUT2D eigenvalue weighted by Gasteiger charge is 2.42. The Balaban J connectivity index is 1.40. The number of rotatable bonds is 2. The molecule has 2 saturated carbocycles. The molecule has 108 valence electrons. The Morgan fingerprint density at radius 3 is 2.40 bits per heavy atom. The van der Waals surface area contributed by atoms with Gasteiger partial charge in [-0.1, -0.05) is 24.6 Å². The van der Waals surface area contributed by atoms with Crippen LogP contribution in [0.2, 0.25) is 0 Å². The largest absolute Gasteiger partial charge is 0.300 e. The summed E-state index contributed by atoms with van der Waals surface area (Å²) in [5.74, 6) is 2.43. The van der Waals surface area contributed by atoms with Gasteiger partial charge < -0.3 is 4.90 Å². The van der Waals surface area contributed by atoms with Crippen molar-refractivity contribution in [1.29, 1.82) is 0 Å². The van der Waals surface area contributed by atoms with Crippen LogP contribution in [0.15, 0.2) is 24.3 Å². The van der Waals surface area contributed by atoms with E-state index in [4.69, 9.17) is 0 Å². The number of halogens is 1. The molecule has 1 saturated heterocycles. The molecule has 2 aliphatic carbocycles. The average molecular weight is 273 g/mol. The zero-order chi connectivity index (χ0) is 13.5. The van der Waals surface area contributed by atoms with Crippen molar-refractivity contribution in [2.75, 3.05) is 13.1 Å². The Hall–Kier alpha value is -0.890. The van der Waals surface area contributed by atoms with Crippen molar-refractivity contribution >= 4 is 0 Å². The first-order valence-corrected chi connectivity index (χ1v) is 8.29. The topological polar surface area (TPSA) is 3.24 Å². The molecule has 2 bridgehead atoms. The minimum Gasteiger partial charge on any atom is -0.300 e.